The van der Waals surface area contributed by atoms with E-state index in [1.54, 1.807) is 16.9 Å². The third-order valence-corrected chi connectivity index (χ3v) is 10.5. The van der Waals surface area contributed by atoms with E-state index in [9.17, 15) is 18.7 Å². The Kier molecular flexibility index (Phi) is 5.61. The highest BCUT2D eigenvalue weighted by Gasteiger charge is 2.71. The summed E-state index contributed by atoms with van der Waals surface area (Å²) in [7, 11) is 1.65. The normalized spacial score (nSPS) is 35.9. The molecule has 1 aromatic carbocycles. The van der Waals surface area contributed by atoms with Crippen LogP contribution in [0.1, 0.15) is 55.2 Å². The number of rotatable bonds is 5. The molecule has 7 rings (SSSR count). The molecule has 1 aromatic rings. The van der Waals surface area contributed by atoms with Crippen molar-refractivity contribution in [3.63, 3.8) is 0 Å². The van der Waals surface area contributed by atoms with Crippen molar-refractivity contribution in [2.24, 2.45) is 5.92 Å². The van der Waals surface area contributed by atoms with E-state index in [-0.39, 0.29) is 31.5 Å². The van der Waals surface area contributed by atoms with Gasteiger partial charge in [0.2, 0.25) is 5.91 Å². The number of aryl methyl sites for hydroxylation is 1. The van der Waals surface area contributed by atoms with Crippen LogP contribution in [0.3, 0.4) is 0 Å². The molecule has 0 unspecified atom stereocenters. The zero-order valence-corrected chi connectivity index (χ0v) is 22.5. The number of alkyl halides is 2. The molecule has 9 heteroatoms. The molecule has 7 nitrogen and oxygen atoms in total. The number of likely N-dealkylation sites (tertiary alicyclic amines) is 3. The van der Waals surface area contributed by atoms with Gasteiger partial charge in [-0.25, -0.2) is 8.78 Å². The molecule has 4 fully saturated rings. The van der Waals surface area contributed by atoms with Crippen LogP contribution in [0.2, 0.25) is 0 Å². The first kappa shape index (κ1) is 25.0. The number of amides is 1. The molecule has 1 spiro atoms. The number of methoxy groups -OCH3 is 1. The fourth-order valence-corrected chi connectivity index (χ4v) is 8.57. The minimum Gasteiger partial charge on any atom is -0.493 e. The largest absolute Gasteiger partial charge is 0.493 e. The topological polar surface area (TPSA) is 65.5 Å². The van der Waals surface area contributed by atoms with Gasteiger partial charge >= 0.3 is 0 Å². The van der Waals surface area contributed by atoms with Crippen LogP contribution < -0.4 is 9.47 Å². The summed E-state index contributed by atoms with van der Waals surface area (Å²) in [5.41, 5.74) is 1.67. The fraction of sp³-hybridized carbons (Fsp3) is 0.759. The maximum absolute atomic E-state index is 14.0. The highest BCUT2D eigenvalue weighted by atomic mass is 19.3. The lowest BCUT2D eigenvalue weighted by molar-refractivity contribution is -0.162. The van der Waals surface area contributed by atoms with Crippen LogP contribution in [-0.2, 0) is 16.6 Å². The van der Waals surface area contributed by atoms with Crippen LogP contribution in [0.4, 0.5) is 8.78 Å². The zero-order chi connectivity index (χ0) is 26.4. The number of benzene rings is 1. The molecular weight excluding hydrogens is 492 g/mol. The SMILES string of the molecule is COc1c(C)cc2c3c1O[C@H]1CN(C(=O)CN4CCCC(F)(F)C4)CC[C@@]4(O)[C@@H](C2)N(CC2CC2)CC[C@]314. The van der Waals surface area contributed by atoms with E-state index in [0.29, 0.717) is 44.1 Å². The predicted molar refractivity (Wildman–Crippen MR) is 137 cm³/mol. The third-order valence-electron chi connectivity index (χ3n) is 10.5. The number of aliphatic hydroxyl groups is 1. The summed E-state index contributed by atoms with van der Waals surface area (Å²) in [5, 5.41) is 12.8. The Bertz CT molecular complexity index is 1160. The predicted octanol–water partition coefficient (Wildman–Crippen LogP) is 2.74. The van der Waals surface area contributed by atoms with Gasteiger partial charge in [-0.1, -0.05) is 6.07 Å². The second-order valence-corrected chi connectivity index (χ2v) is 12.8. The van der Waals surface area contributed by atoms with Gasteiger partial charge in [-0.05, 0) is 75.6 Å². The van der Waals surface area contributed by atoms with Gasteiger partial charge in [0.1, 0.15) is 6.10 Å². The van der Waals surface area contributed by atoms with Crippen LogP contribution in [0, 0.1) is 12.8 Å². The van der Waals surface area contributed by atoms with E-state index in [4.69, 9.17) is 9.47 Å². The van der Waals surface area contributed by atoms with Crippen LogP contribution in [0.5, 0.6) is 11.5 Å². The molecule has 4 aliphatic heterocycles. The minimum absolute atomic E-state index is 0.0222. The van der Waals surface area contributed by atoms with Crippen molar-refractivity contribution in [1.82, 2.24) is 14.7 Å². The molecule has 3 saturated heterocycles. The molecule has 1 amide bonds. The van der Waals surface area contributed by atoms with E-state index >= 15 is 0 Å². The molecule has 2 bridgehead atoms. The third kappa shape index (κ3) is 3.57. The maximum Gasteiger partial charge on any atom is 0.260 e. The number of hydrogen-bond acceptors (Lipinski definition) is 6. The summed E-state index contributed by atoms with van der Waals surface area (Å²) < 4.78 is 40.6. The van der Waals surface area contributed by atoms with Gasteiger partial charge in [0.15, 0.2) is 11.5 Å². The van der Waals surface area contributed by atoms with Crippen molar-refractivity contribution in [2.75, 3.05) is 52.9 Å². The number of hydrogen-bond donors (Lipinski definition) is 1. The minimum atomic E-state index is -2.75. The Morgan fingerprint density at radius 1 is 1.21 bits per heavy atom. The summed E-state index contributed by atoms with van der Waals surface area (Å²) in [6.07, 6.45) is 4.36. The van der Waals surface area contributed by atoms with Crippen LogP contribution in [0.15, 0.2) is 6.07 Å². The average molecular weight is 532 g/mol. The second-order valence-electron chi connectivity index (χ2n) is 12.8. The summed E-state index contributed by atoms with van der Waals surface area (Å²) >= 11 is 0. The molecule has 38 heavy (non-hydrogen) atoms. The summed E-state index contributed by atoms with van der Waals surface area (Å²) in [4.78, 5) is 19.4. The Labute approximate surface area is 223 Å². The van der Waals surface area contributed by atoms with E-state index < -0.39 is 23.0 Å². The van der Waals surface area contributed by atoms with Gasteiger partial charge in [0, 0.05) is 31.1 Å². The van der Waals surface area contributed by atoms with Crippen molar-refractivity contribution < 1.29 is 28.2 Å². The molecular formula is C29H39F2N3O4. The summed E-state index contributed by atoms with van der Waals surface area (Å²) in [6, 6.07) is 2.17. The van der Waals surface area contributed by atoms with Gasteiger partial charge in [0.25, 0.3) is 5.92 Å². The monoisotopic (exact) mass is 531 g/mol. The average Bonchev–Trinajstić information content (AvgIpc) is 3.62. The molecule has 2 aliphatic carbocycles. The summed E-state index contributed by atoms with van der Waals surface area (Å²) in [6.45, 7) is 4.81. The molecule has 208 valence electrons. The van der Waals surface area contributed by atoms with Crippen molar-refractivity contribution in [3.05, 3.63) is 22.8 Å². The van der Waals surface area contributed by atoms with Crippen molar-refractivity contribution in [1.29, 1.82) is 0 Å². The first-order chi connectivity index (χ1) is 18.1. The number of ether oxygens (including phenoxy) is 2. The van der Waals surface area contributed by atoms with Crippen molar-refractivity contribution in [3.8, 4) is 11.5 Å². The Morgan fingerprint density at radius 3 is 2.76 bits per heavy atom. The van der Waals surface area contributed by atoms with Crippen molar-refractivity contribution >= 4 is 5.91 Å². The van der Waals surface area contributed by atoms with Crippen molar-refractivity contribution in [2.45, 2.75) is 81.0 Å². The smallest absolute Gasteiger partial charge is 0.260 e. The van der Waals surface area contributed by atoms with Gasteiger partial charge in [0.05, 0.1) is 37.8 Å². The maximum atomic E-state index is 14.0. The van der Waals surface area contributed by atoms with E-state index in [0.717, 1.165) is 42.8 Å². The summed E-state index contributed by atoms with van der Waals surface area (Å²) in [5.74, 6) is -0.757. The highest BCUT2D eigenvalue weighted by Crippen LogP contribution is 2.64. The Morgan fingerprint density at radius 2 is 2.03 bits per heavy atom. The molecule has 0 aromatic heterocycles. The van der Waals surface area contributed by atoms with Gasteiger partial charge in [-0.15, -0.1) is 0 Å². The lowest BCUT2D eigenvalue weighted by atomic mass is 9.52. The lowest BCUT2D eigenvalue weighted by Gasteiger charge is -2.60. The molecule has 1 N–H and O–H groups in total. The van der Waals surface area contributed by atoms with E-state index in [1.165, 1.54) is 18.4 Å². The van der Waals surface area contributed by atoms with Crippen LogP contribution >= 0.6 is 0 Å². The number of carbonyl (C=O) groups excluding carboxylic acids is 1. The van der Waals surface area contributed by atoms with Gasteiger partial charge in [-0.2, -0.15) is 0 Å². The Balaban J connectivity index is 1.25. The second kappa shape index (κ2) is 8.51. The van der Waals surface area contributed by atoms with Crippen LogP contribution in [0.25, 0.3) is 0 Å². The quantitative estimate of drug-likeness (QED) is 0.631. The number of nitrogens with zero attached hydrogens (tertiary/aromatic N) is 3. The van der Waals surface area contributed by atoms with E-state index in [1.807, 2.05) is 6.92 Å². The van der Waals surface area contributed by atoms with Gasteiger partial charge < -0.3 is 19.5 Å². The lowest BCUT2D eigenvalue weighted by Crippen LogP contribution is -2.74. The first-order valence-corrected chi connectivity index (χ1v) is 14.4. The number of halogens is 2. The zero-order valence-electron chi connectivity index (χ0n) is 22.5. The standard InChI is InChI=1S/C29H39F2N3O4/c1-18-12-20-13-21-29(36)8-11-34(23(35)16-32-9-3-6-27(30,31)17-32)15-22-28(29,7-10-33(21)14-19-4-5-19)24(20)26(38-22)25(18)37-2/h12,19,21-22,36H,3-11,13-17H2,1-2H3/t21-,22+,28-,29-/m1/s1. The molecule has 6 aliphatic rings. The fourth-order valence-electron chi connectivity index (χ4n) is 8.57. The molecule has 1 saturated carbocycles. The number of piperidine rings is 2. The molecule has 4 heterocycles. The van der Waals surface area contributed by atoms with Crippen LogP contribution in [-0.4, -0.2) is 102 Å². The van der Waals surface area contributed by atoms with Gasteiger partial charge in [-0.3, -0.25) is 14.6 Å². The Hall–Kier alpha value is -1.97. The van der Waals surface area contributed by atoms with E-state index in [2.05, 4.69) is 11.0 Å². The first-order valence-electron chi connectivity index (χ1n) is 14.4. The molecule has 0 radical (unpaired) electrons. The highest BCUT2D eigenvalue weighted by molar-refractivity contribution is 5.79. The molecule has 4 atom stereocenters. The number of carbonyl (C=O) groups is 1.